The van der Waals surface area contributed by atoms with Crippen molar-refractivity contribution in [2.45, 2.75) is 39.7 Å². The zero-order chi connectivity index (χ0) is 15.4. The molecule has 1 atom stereocenters. The van der Waals surface area contributed by atoms with E-state index in [1.54, 1.807) is 7.11 Å². The minimum atomic E-state index is 0.247. The first-order valence-electron chi connectivity index (χ1n) is 7.71. The smallest absolute Gasteiger partial charge is 0.222 e. The molecule has 1 fully saturated rings. The summed E-state index contributed by atoms with van der Waals surface area (Å²) in [6.45, 7) is 5.92. The lowest BCUT2D eigenvalue weighted by Crippen LogP contribution is -2.30. The Hall–Kier alpha value is -1.71. The van der Waals surface area contributed by atoms with E-state index in [2.05, 4.69) is 13.8 Å². The molecule has 1 aromatic carbocycles. The highest BCUT2D eigenvalue weighted by atomic mass is 16.5. The van der Waals surface area contributed by atoms with Gasteiger partial charge in [0.1, 0.15) is 5.75 Å². The lowest BCUT2D eigenvalue weighted by atomic mass is 9.89. The first-order valence-corrected chi connectivity index (χ1v) is 7.71. The molecule has 1 aliphatic heterocycles. The van der Waals surface area contributed by atoms with Crippen LogP contribution in [0.1, 0.15) is 38.7 Å². The molecule has 1 unspecified atom stereocenters. The third-order valence-corrected chi connectivity index (χ3v) is 4.47. The molecule has 0 spiro atoms. The Kier molecular flexibility index (Phi) is 5.10. The van der Waals surface area contributed by atoms with Gasteiger partial charge in [0, 0.05) is 36.8 Å². The van der Waals surface area contributed by atoms with Crippen LogP contribution < -0.4 is 10.5 Å². The Bertz CT molecular complexity index is 500. The van der Waals surface area contributed by atoms with Crippen molar-refractivity contribution in [2.75, 3.05) is 19.4 Å². The van der Waals surface area contributed by atoms with Crippen molar-refractivity contribution in [1.82, 2.24) is 4.90 Å². The van der Waals surface area contributed by atoms with Crippen molar-refractivity contribution < 1.29 is 9.53 Å². The number of likely N-dealkylation sites (tertiary alicyclic amines) is 1. The van der Waals surface area contributed by atoms with Crippen molar-refractivity contribution in [3.8, 4) is 5.75 Å². The van der Waals surface area contributed by atoms with Crippen LogP contribution in [0.5, 0.6) is 5.75 Å². The van der Waals surface area contributed by atoms with Crippen LogP contribution in [0, 0.1) is 11.8 Å². The first kappa shape index (κ1) is 15.7. The van der Waals surface area contributed by atoms with E-state index in [1.807, 2.05) is 23.1 Å². The molecule has 1 heterocycles. The Morgan fingerprint density at radius 2 is 2.14 bits per heavy atom. The van der Waals surface area contributed by atoms with E-state index in [1.165, 1.54) is 0 Å². The van der Waals surface area contributed by atoms with Crippen LogP contribution in [0.25, 0.3) is 0 Å². The number of carbonyl (C=O) groups is 1. The second-order valence-electron chi connectivity index (χ2n) is 6.22. The Balaban J connectivity index is 2.10. The molecule has 1 amide bonds. The van der Waals surface area contributed by atoms with Gasteiger partial charge in [-0.3, -0.25) is 4.79 Å². The van der Waals surface area contributed by atoms with Crippen molar-refractivity contribution >= 4 is 11.6 Å². The Morgan fingerprint density at radius 3 is 2.81 bits per heavy atom. The van der Waals surface area contributed by atoms with Gasteiger partial charge in [-0.05, 0) is 30.7 Å². The summed E-state index contributed by atoms with van der Waals surface area (Å²) in [4.78, 5) is 14.3. The average Bonchev–Trinajstić information content (AvgIpc) is 2.63. The molecule has 0 aromatic heterocycles. The van der Waals surface area contributed by atoms with Crippen LogP contribution in [-0.4, -0.2) is 24.5 Å². The predicted octanol–water partition coefficient (Wildman–Crippen LogP) is 3.06. The van der Waals surface area contributed by atoms with Gasteiger partial charge in [0.25, 0.3) is 0 Å². The quantitative estimate of drug-likeness (QED) is 0.867. The fourth-order valence-corrected chi connectivity index (χ4v) is 2.99. The molecule has 116 valence electrons. The first-order chi connectivity index (χ1) is 10.0. The van der Waals surface area contributed by atoms with Crippen molar-refractivity contribution in [1.29, 1.82) is 0 Å². The van der Waals surface area contributed by atoms with Gasteiger partial charge in [0.05, 0.1) is 7.11 Å². The van der Waals surface area contributed by atoms with Crippen molar-refractivity contribution in [3.63, 3.8) is 0 Å². The summed E-state index contributed by atoms with van der Waals surface area (Å²) in [6.07, 6.45) is 2.74. The van der Waals surface area contributed by atoms with Crippen LogP contribution in [0.3, 0.4) is 0 Å². The molecule has 0 radical (unpaired) electrons. The van der Waals surface area contributed by atoms with Crippen LogP contribution in [0.2, 0.25) is 0 Å². The number of nitrogen functional groups attached to an aromatic ring is 1. The Labute approximate surface area is 127 Å². The topological polar surface area (TPSA) is 55.6 Å². The summed E-state index contributed by atoms with van der Waals surface area (Å²) in [5.74, 6) is 2.29. The van der Waals surface area contributed by atoms with Gasteiger partial charge in [-0.1, -0.05) is 19.9 Å². The molecule has 0 saturated carbocycles. The molecule has 21 heavy (non-hydrogen) atoms. The van der Waals surface area contributed by atoms with Crippen LogP contribution in [-0.2, 0) is 11.3 Å². The highest BCUT2D eigenvalue weighted by Crippen LogP contribution is 2.28. The largest absolute Gasteiger partial charge is 0.496 e. The minimum absolute atomic E-state index is 0.247. The molecule has 2 rings (SSSR count). The normalized spacial score (nSPS) is 19.7. The third kappa shape index (κ3) is 3.90. The predicted molar refractivity (Wildman–Crippen MR) is 85.0 cm³/mol. The minimum Gasteiger partial charge on any atom is -0.496 e. The van der Waals surface area contributed by atoms with Gasteiger partial charge < -0.3 is 15.4 Å². The summed E-state index contributed by atoms with van der Waals surface area (Å²) in [5.41, 5.74) is 7.47. The molecule has 4 heteroatoms. The summed E-state index contributed by atoms with van der Waals surface area (Å²) in [5, 5.41) is 0. The number of benzene rings is 1. The number of anilines is 1. The van der Waals surface area contributed by atoms with Crippen molar-refractivity contribution in [2.24, 2.45) is 11.8 Å². The zero-order valence-electron chi connectivity index (χ0n) is 13.3. The molecule has 1 saturated heterocycles. The van der Waals surface area contributed by atoms with E-state index < -0.39 is 0 Å². The molecule has 1 aromatic rings. The lowest BCUT2D eigenvalue weighted by Gasteiger charge is -2.23. The molecular formula is C17H26N2O2. The van der Waals surface area contributed by atoms with Gasteiger partial charge >= 0.3 is 0 Å². The van der Waals surface area contributed by atoms with Crippen LogP contribution in [0.4, 0.5) is 5.69 Å². The van der Waals surface area contributed by atoms with E-state index >= 15 is 0 Å². The molecule has 0 bridgehead atoms. The number of carbonyl (C=O) groups excluding carboxylic acids is 1. The van der Waals surface area contributed by atoms with Gasteiger partial charge in [-0.15, -0.1) is 0 Å². The highest BCUT2D eigenvalue weighted by Gasteiger charge is 2.24. The molecular weight excluding hydrogens is 264 g/mol. The monoisotopic (exact) mass is 290 g/mol. The van der Waals surface area contributed by atoms with Crippen LogP contribution in [0.15, 0.2) is 18.2 Å². The van der Waals surface area contributed by atoms with Gasteiger partial charge in [-0.25, -0.2) is 0 Å². The number of nitrogens with zero attached hydrogens (tertiary/aromatic N) is 1. The number of methoxy groups -OCH3 is 1. The van der Waals surface area contributed by atoms with E-state index in [9.17, 15) is 4.79 Å². The van der Waals surface area contributed by atoms with Gasteiger partial charge in [0.2, 0.25) is 5.91 Å². The summed E-state index contributed by atoms with van der Waals surface area (Å²) in [7, 11) is 1.64. The Morgan fingerprint density at radius 1 is 1.38 bits per heavy atom. The van der Waals surface area contributed by atoms with Crippen molar-refractivity contribution in [3.05, 3.63) is 23.8 Å². The highest BCUT2D eigenvalue weighted by molar-refractivity contribution is 5.76. The molecule has 1 aliphatic rings. The maximum absolute atomic E-state index is 12.3. The summed E-state index contributed by atoms with van der Waals surface area (Å²) >= 11 is 0. The molecule has 4 nitrogen and oxygen atoms in total. The lowest BCUT2D eigenvalue weighted by molar-refractivity contribution is -0.131. The fraction of sp³-hybridized carbons (Fsp3) is 0.588. The van der Waals surface area contributed by atoms with E-state index in [0.29, 0.717) is 30.5 Å². The maximum atomic E-state index is 12.3. The molecule has 2 N–H and O–H groups in total. The van der Waals surface area contributed by atoms with E-state index in [0.717, 1.165) is 30.7 Å². The zero-order valence-corrected chi connectivity index (χ0v) is 13.3. The standard InChI is InChI=1S/C17H26N2O2/c1-12(2)13-5-7-17(20)19(9-8-13)11-14-4-6-15(18)10-16(14)21-3/h4,6,10,12-13H,5,7-9,11,18H2,1-3H3. The fourth-order valence-electron chi connectivity index (χ4n) is 2.99. The maximum Gasteiger partial charge on any atom is 0.222 e. The van der Waals surface area contributed by atoms with E-state index in [4.69, 9.17) is 10.5 Å². The molecule has 0 aliphatic carbocycles. The van der Waals surface area contributed by atoms with Gasteiger partial charge in [0.15, 0.2) is 0 Å². The SMILES string of the molecule is COc1cc(N)ccc1CN1CCC(C(C)C)CCC1=O. The summed E-state index contributed by atoms with van der Waals surface area (Å²) < 4.78 is 5.38. The van der Waals surface area contributed by atoms with Gasteiger partial charge in [-0.2, -0.15) is 0 Å². The number of amides is 1. The van der Waals surface area contributed by atoms with Crippen LogP contribution >= 0.6 is 0 Å². The summed E-state index contributed by atoms with van der Waals surface area (Å²) in [6, 6.07) is 5.62. The number of ether oxygens (including phenoxy) is 1. The second kappa shape index (κ2) is 6.83. The number of nitrogens with two attached hydrogens (primary N) is 1. The number of rotatable bonds is 4. The third-order valence-electron chi connectivity index (χ3n) is 4.47. The average molecular weight is 290 g/mol. The second-order valence-corrected chi connectivity index (χ2v) is 6.22. The number of hydrogen-bond donors (Lipinski definition) is 1. The van der Waals surface area contributed by atoms with E-state index in [-0.39, 0.29) is 5.91 Å². The number of hydrogen-bond acceptors (Lipinski definition) is 3.